The molecular weight excluding hydrogens is 218 g/mol. The van der Waals surface area contributed by atoms with E-state index < -0.39 is 0 Å². The van der Waals surface area contributed by atoms with Crippen molar-refractivity contribution >= 4 is 5.57 Å². The number of aromatic nitrogens is 1. The Morgan fingerprint density at radius 1 is 0.944 bits per heavy atom. The van der Waals surface area contributed by atoms with Gasteiger partial charge in [-0.1, -0.05) is 67.8 Å². The van der Waals surface area contributed by atoms with E-state index in [1.54, 1.807) is 12.2 Å². The monoisotopic (exact) mass is 233 g/mol. The Morgan fingerprint density at radius 2 is 1.72 bits per heavy atom. The van der Waals surface area contributed by atoms with Gasteiger partial charge in [-0.05, 0) is 17.2 Å². The van der Waals surface area contributed by atoms with E-state index in [4.69, 9.17) is 0 Å². The fourth-order valence-electron chi connectivity index (χ4n) is 1.75. The molecule has 2 rings (SSSR count). The first kappa shape index (κ1) is 12.1. The summed E-state index contributed by atoms with van der Waals surface area (Å²) in [5, 5.41) is 0. The van der Waals surface area contributed by atoms with Crippen LogP contribution in [0.25, 0.3) is 16.7 Å². The quantitative estimate of drug-likeness (QED) is 0.708. The predicted octanol–water partition coefficient (Wildman–Crippen LogP) is 4.50. The van der Waals surface area contributed by atoms with Gasteiger partial charge in [0.15, 0.2) is 0 Å². The zero-order chi connectivity index (χ0) is 12.8. The molecule has 0 bridgehead atoms. The summed E-state index contributed by atoms with van der Waals surface area (Å²) in [6.07, 6.45) is 7.30. The maximum absolute atomic E-state index is 4.46. The van der Waals surface area contributed by atoms with Gasteiger partial charge in [0.2, 0.25) is 0 Å². The minimum Gasteiger partial charge on any atom is -0.256 e. The molecule has 0 spiro atoms. The Bertz CT molecular complexity index is 562. The van der Waals surface area contributed by atoms with Gasteiger partial charge < -0.3 is 0 Å². The van der Waals surface area contributed by atoms with Crippen LogP contribution in [-0.2, 0) is 0 Å². The second kappa shape index (κ2) is 5.78. The number of rotatable bonds is 4. The number of hydrogen-bond donors (Lipinski definition) is 0. The molecule has 1 aromatic carbocycles. The van der Waals surface area contributed by atoms with E-state index >= 15 is 0 Å². The highest BCUT2D eigenvalue weighted by molar-refractivity contribution is 5.73. The number of allylic oxidation sites excluding steroid dienone is 4. The van der Waals surface area contributed by atoms with Crippen molar-refractivity contribution in [3.8, 4) is 11.1 Å². The van der Waals surface area contributed by atoms with Crippen LogP contribution in [-0.4, -0.2) is 4.98 Å². The largest absolute Gasteiger partial charge is 0.256 e. The molecule has 0 amide bonds. The number of hydrogen-bond acceptors (Lipinski definition) is 1. The van der Waals surface area contributed by atoms with Gasteiger partial charge in [-0.2, -0.15) is 0 Å². The maximum Gasteiger partial charge on any atom is 0.0702 e. The third kappa shape index (κ3) is 2.64. The van der Waals surface area contributed by atoms with Crippen molar-refractivity contribution in [3.05, 3.63) is 85.7 Å². The molecule has 2 aromatic rings. The third-order valence-electron chi connectivity index (χ3n) is 2.68. The Kier molecular flexibility index (Phi) is 3.87. The molecule has 0 atom stereocenters. The SMILES string of the molecule is C=C/C=C(\C=C)c1ccc(-c2ccccc2)cn1. The highest BCUT2D eigenvalue weighted by Crippen LogP contribution is 2.20. The lowest BCUT2D eigenvalue weighted by atomic mass is 10.1. The first-order chi connectivity index (χ1) is 8.85. The van der Waals surface area contributed by atoms with Crippen LogP contribution in [0.2, 0.25) is 0 Å². The minimum absolute atomic E-state index is 0.907. The van der Waals surface area contributed by atoms with Gasteiger partial charge in [-0.15, -0.1) is 0 Å². The molecule has 0 saturated carbocycles. The molecule has 1 aromatic heterocycles. The molecule has 1 heteroatoms. The van der Waals surface area contributed by atoms with Gasteiger partial charge in [0.1, 0.15) is 0 Å². The second-order valence-electron chi connectivity index (χ2n) is 3.86. The van der Waals surface area contributed by atoms with Gasteiger partial charge in [-0.25, -0.2) is 0 Å². The Labute approximate surface area is 108 Å². The zero-order valence-corrected chi connectivity index (χ0v) is 10.2. The van der Waals surface area contributed by atoms with E-state index in [1.807, 2.05) is 36.5 Å². The van der Waals surface area contributed by atoms with Crippen molar-refractivity contribution in [1.82, 2.24) is 4.98 Å². The van der Waals surface area contributed by atoms with Crippen molar-refractivity contribution in [3.63, 3.8) is 0 Å². The number of pyridine rings is 1. The molecule has 0 radical (unpaired) electrons. The molecule has 0 aliphatic heterocycles. The summed E-state index contributed by atoms with van der Waals surface area (Å²) in [5.41, 5.74) is 4.17. The van der Waals surface area contributed by atoms with Crippen LogP contribution in [0.5, 0.6) is 0 Å². The van der Waals surface area contributed by atoms with Crippen molar-refractivity contribution in [1.29, 1.82) is 0 Å². The van der Waals surface area contributed by atoms with Crippen molar-refractivity contribution < 1.29 is 0 Å². The highest BCUT2D eigenvalue weighted by Gasteiger charge is 2.00. The molecule has 0 aliphatic rings. The van der Waals surface area contributed by atoms with E-state index in [1.165, 1.54) is 5.56 Å². The molecule has 0 fully saturated rings. The standard InChI is InChI=1S/C17H15N/c1-3-8-14(4-2)17-12-11-16(13-18-17)15-9-6-5-7-10-15/h3-13H,1-2H2/b14-8+. The number of nitrogens with zero attached hydrogens (tertiary/aromatic N) is 1. The lowest BCUT2D eigenvalue weighted by molar-refractivity contribution is 1.28. The van der Waals surface area contributed by atoms with E-state index in [0.717, 1.165) is 16.8 Å². The van der Waals surface area contributed by atoms with E-state index in [2.05, 4.69) is 36.3 Å². The highest BCUT2D eigenvalue weighted by atomic mass is 14.7. The molecule has 1 nitrogen and oxygen atoms in total. The molecule has 18 heavy (non-hydrogen) atoms. The lowest BCUT2D eigenvalue weighted by Gasteiger charge is -2.04. The fraction of sp³-hybridized carbons (Fsp3) is 0. The minimum atomic E-state index is 0.907. The fourth-order valence-corrected chi connectivity index (χ4v) is 1.75. The summed E-state index contributed by atoms with van der Waals surface area (Å²) in [6.45, 7) is 7.47. The summed E-state index contributed by atoms with van der Waals surface area (Å²) in [6, 6.07) is 14.3. The summed E-state index contributed by atoms with van der Waals surface area (Å²) in [7, 11) is 0. The van der Waals surface area contributed by atoms with Crippen LogP contribution in [0.15, 0.2) is 80.0 Å². The van der Waals surface area contributed by atoms with E-state index in [0.29, 0.717) is 0 Å². The Hall–Kier alpha value is -2.41. The smallest absolute Gasteiger partial charge is 0.0702 e. The van der Waals surface area contributed by atoms with Gasteiger partial charge in [0, 0.05) is 11.8 Å². The Balaban J connectivity index is 2.33. The summed E-state index contributed by atoms with van der Waals surface area (Å²) < 4.78 is 0. The summed E-state index contributed by atoms with van der Waals surface area (Å²) >= 11 is 0. The van der Waals surface area contributed by atoms with Crippen LogP contribution in [0, 0.1) is 0 Å². The number of benzene rings is 1. The second-order valence-corrected chi connectivity index (χ2v) is 3.86. The molecule has 0 unspecified atom stereocenters. The average Bonchev–Trinajstić information content (AvgIpc) is 2.46. The molecule has 0 N–H and O–H groups in total. The van der Waals surface area contributed by atoms with Crippen LogP contribution >= 0.6 is 0 Å². The topological polar surface area (TPSA) is 12.9 Å². The van der Waals surface area contributed by atoms with Crippen LogP contribution in [0.1, 0.15) is 5.69 Å². The zero-order valence-electron chi connectivity index (χ0n) is 10.2. The first-order valence-corrected chi connectivity index (χ1v) is 5.82. The Morgan fingerprint density at radius 3 is 2.28 bits per heavy atom. The van der Waals surface area contributed by atoms with Gasteiger partial charge in [0.05, 0.1) is 5.69 Å². The van der Waals surface area contributed by atoms with Gasteiger partial charge >= 0.3 is 0 Å². The predicted molar refractivity (Wildman–Crippen MR) is 78.0 cm³/mol. The van der Waals surface area contributed by atoms with Crippen LogP contribution in [0.3, 0.4) is 0 Å². The van der Waals surface area contributed by atoms with Crippen LogP contribution in [0.4, 0.5) is 0 Å². The molecule has 88 valence electrons. The molecule has 1 heterocycles. The third-order valence-corrected chi connectivity index (χ3v) is 2.68. The summed E-state index contributed by atoms with van der Waals surface area (Å²) in [4.78, 5) is 4.46. The first-order valence-electron chi connectivity index (χ1n) is 5.82. The van der Waals surface area contributed by atoms with Crippen LogP contribution < -0.4 is 0 Å². The van der Waals surface area contributed by atoms with Crippen molar-refractivity contribution in [2.45, 2.75) is 0 Å². The average molecular weight is 233 g/mol. The molecule has 0 saturated heterocycles. The lowest BCUT2D eigenvalue weighted by Crippen LogP contribution is -1.87. The maximum atomic E-state index is 4.46. The van der Waals surface area contributed by atoms with E-state index in [-0.39, 0.29) is 0 Å². The van der Waals surface area contributed by atoms with Gasteiger partial charge in [-0.3, -0.25) is 4.98 Å². The molecular formula is C17H15N. The van der Waals surface area contributed by atoms with Crippen molar-refractivity contribution in [2.24, 2.45) is 0 Å². The normalized spacial score (nSPS) is 11.0. The summed E-state index contributed by atoms with van der Waals surface area (Å²) in [5.74, 6) is 0. The molecule has 0 aliphatic carbocycles. The van der Waals surface area contributed by atoms with Gasteiger partial charge in [0.25, 0.3) is 0 Å². The van der Waals surface area contributed by atoms with E-state index in [9.17, 15) is 0 Å². The van der Waals surface area contributed by atoms with Crippen molar-refractivity contribution in [2.75, 3.05) is 0 Å².